The van der Waals surface area contributed by atoms with Crippen LogP contribution in [0.15, 0.2) is 66.4 Å². The van der Waals surface area contributed by atoms with Crippen molar-refractivity contribution in [1.82, 2.24) is 9.88 Å². The predicted molar refractivity (Wildman–Crippen MR) is 141 cm³/mol. The summed E-state index contributed by atoms with van der Waals surface area (Å²) >= 11 is 12.1. The molecular weight excluding hydrogens is 501 g/mol. The lowest BCUT2D eigenvalue weighted by molar-refractivity contribution is -0.122. The van der Waals surface area contributed by atoms with Gasteiger partial charge in [0.05, 0.1) is 17.3 Å². The summed E-state index contributed by atoms with van der Waals surface area (Å²) in [6.07, 6.45) is 4.25. The molecule has 0 spiro atoms. The first-order valence-electron chi connectivity index (χ1n) is 11.5. The van der Waals surface area contributed by atoms with Crippen LogP contribution >= 0.6 is 23.2 Å². The number of nitrogens with one attached hydrogen (secondary N) is 1. The molecule has 1 aromatic heterocycles. The zero-order valence-electron chi connectivity index (χ0n) is 19.8. The van der Waals surface area contributed by atoms with E-state index in [1.54, 1.807) is 48.7 Å². The van der Waals surface area contributed by atoms with Crippen LogP contribution in [0.2, 0.25) is 10.0 Å². The van der Waals surface area contributed by atoms with Gasteiger partial charge in [-0.25, -0.2) is 9.69 Å². The fourth-order valence-electron chi connectivity index (χ4n) is 3.84. The highest BCUT2D eigenvalue weighted by Gasteiger charge is 2.37. The number of halogens is 2. The molecule has 0 aliphatic carbocycles. The number of barbiturate groups is 1. The van der Waals surface area contributed by atoms with Crippen LogP contribution in [0.5, 0.6) is 5.75 Å². The summed E-state index contributed by atoms with van der Waals surface area (Å²) in [4.78, 5) is 39.3. The topological polar surface area (TPSA) is 80.6 Å². The van der Waals surface area contributed by atoms with E-state index in [4.69, 9.17) is 27.9 Å². The summed E-state index contributed by atoms with van der Waals surface area (Å²) in [7, 11) is 0. The fourth-order valence-corrected chi connectivity index (χ4v) is 4.30. The van der Waals surface area contributed by atoms with Crippen molar-refractivity contribution in [3.63, 3.8) is 0 Å². The van der Waals surface area contributed by atoms with Gasteiger partial charge in [0.15, 0.2) is 0 Å². The molecule has 2 aromatic carbocycles. The molecule has 1 unspecified atom stereocenters. The lowest BCUT2D eigenvalue weighted by atomic mass is 9.98. The van der Waals surface area contributed by atoms with E-state index in [1.807, 2.05) is 16.7 Å². The molecule has 0 bridgehead atoms. The summed E-state index contributed by atoms with van der Waals surface area (Å²) in [5.41, 5.74) is 1.98. The third-order valence-electron chi connectivity index (χ3n) is 6.07. The highest BCUT2D eigenvalue weighted by Crippen LogP contribution is 2.28. The molecule has 2 heterocycles. The van der Waals surface area contributed by atoms with E-state index in [1.165, 1.54) is 6.08 Å². The highest BCUT2D eigenvalue weighted by molar-refractivity contribution is 6.39. The molecule has 186 valence electrons. The quantitative estimate of drug-likeness (QED) is 0.286. The second-order valence-corrected chi connectivity index (χ2v) is 9.25. The molecule has 1 atom stereocenters. The lowest BCUT2D eigenvalue weighted by Gasteiger charge is -2.26. The van der Waals surface area contributed by atoms with E-state index < -0.39 is 17.8 Å². The lowest BCUT2D eigenvalue weighted by Crippen LogP contribution is -2.54. The number of nitrogens with zero attached hydrogens (tertiary/aromatic N) is 2. The maximum atomic E-state index is 13.2. The van der Waals surface area contributed by atoms with Gasteiger partial charge >= 0.3 is 6.03 Å². The number of benzene rings is 2. The Morgan fingerprint density at radius 2 is 1.81 bits per heavy atom. The number of anilines is 1. The average Bonchev–Trinajstić information content (AvgIpc) is 3.30. The number of urea groups is 1. The first-order valence-corrected chi connectivity index (χ1v) is 12.3. The molecule has 4 amide bonds. The number of carbonyl (C=O) groups is 3. The number of hydrogen-bond acceptors (Lipinski definition) is 4. The average molecular weight is 526 g/mol. The van der Waals surface area contributed by atoms with Crippen LogP contribution in [-0.2, 0) is 16.1 Å². The third kappa shape index (κ3) is 5.48. The Kier molecular flexibility index (Phi) is 7.82. The van der Waals surface area contributed by atoms with Crippen molar-refractivity contribution in [2.75, 3.05) is 11.5 Å². The summed E-state index contributed by atoms with van der Waals surface area (Å²) in [5.74, 6) is -0.565. The number of imide groups is 2. The van der Waals surface area contributed by atoms with Crippen molar-refractivity contribution in [2.24, 2.45) is 0 Å². The minimum Gasteiger partial charge on any atom is -0.490 e. The van der Waals surface area contributed by atoms with Gasteiger partial charge in [-0.1, -0.05) is 49.2 Å². The molecule has 1 N–H and O–H groups in total. The minimum atomic E-state index is -0.776. The summed E-state index contributed by atoms with van der Waals surface area (Å²) < 4.78 is 7.58. The Labute approximate surface area is 219 Å². The van der Waals surface area contributed by atoms with Gasteiger partial charge in [-0.05, 0) is 66.4 Å². The van der Waals surface area contributed by atoms with Crippen molar-refractivity contribution in [3.8, 4) is 5.75 Å². The van der Waals surface area contributed by atoms with Gasteiger partial charge in [-0.3, -0.25) is 14.9 Å². The van der Waals surface area contributed by atoms with Gasteiger partial charge in [-0.15, -0.1) is 0 Å². The van der Waals surface area contributed by atoms with Gasteiger partial charge in [0.25, 0.3) is 11.8 Å². The number of hydrogen-bond donors (Lipinski definition) is 1. The van der Waals surface area contributed by atoms with Crippen LogP contribution in [0.25, 0.3) is 6.08 Å². The minimum absolute atomic E-state index is 0.137. The van der Waals surface area contributed by atoms with Gasteiger partial charge in [0, 0.05) is 16.9 Å². The van der Waals surface area contributed by atoms with Gasteiger partial charge in [0.2, 0.25) is 0 Å². The molecule has 0 radical (unpaired) electrons. The van der Waals surface area contributed by atoms with E-state index in [0.717, 1.165) is 16.9 Å². The molecule has 1 saturated heterocycles. The number of rotatable bonds is 8. The summed E-state index contributed by atoms with van der Waals surface area (Å²) in [5, 5.41) is 3.18. The van der Waals surface area contributed by atoms with Crippen molar-refractivity contribution < 1.29 is 19.1 Å². The van der Waals surface area contributed by atoms with Crippen LogP contribution in [0.1, 0.15) is 37.4 Å². The Hall–Kier alpha value is -3.55. The molecule has 1 aliphatic heterocycles. The zero-order valence-corrected chi connectivity index (χ0v) is 21.3. The second-order valence-electron chi connectivity index (χ2n) is 8.41. The largest absolute Gasteiger partial charge is 0.490 e. The van der Waals surface area contributed by atoms with Gasteiger partial charge in [-0.2, -0.15) is 0 Å². The molecule has 1 aliphatic rings. The van der Waals surface area contributed by atoms with E-state index in [2.05, 4.69) is 19.2 Å². The van der Waals surface area contributed by atoms with Crippen LogP contribution < -0.4 is 15.0 Å². The van der Waals surface area contributed by atoms with Crippen LogP contribution in [-0.4, -0.2) is 29.0 Å². The molecule has 3 aromatic rings. The Bertz CT molecular complexity index is 1330. The molecule has 36 heavy (non-hydrogen) atoms. The second kappa shape index (κ2) is 11.0. The van der Waals surface area contributed by atoms with Crippen molar-refractivity contribution in [2.45, 2.75) is 32.7 Å². The molecule has 7 nitrogen and oxygen atoms in total. The third-order valence-corrected chi connectivity index (χ3v) is 6.61. The maximum absolute atomic E-state index is 13.2. The number of carbonyl (C=O) groups excluding carboxylic acids is 3. The van der Waals surface area contributed by atoms with Gasteiger partial charge in [0.1, 0.15) is 17.9 Å². The normalized spacial score (nSPS) is 15.8. The zero-order chi connectivity index (χ0) is 25.8. The van der Waals surface area contributed by atoms with Crippen molar-refractivity contribution in [3.05, 3.63) is 87.7 Å². The number of aromatic nitrogens is 1. The molecule has 1 fully saturated rings. The fraction of sp³-hybridized carbons (Fsp3) is 0.222. The first-order chi connectivity index (χ1) is 17.3. The molecule has 4 rings (SSSR count). The SMILES string of the molecule is CCC(C)c1ccc(N2C(=O)NC(=O)/C(=C/c3cccn3CCOc3ccc(Cl)cc3Cl)C2=O)cc1. The van der Waals surface area contributed by atoms with Crippen LogP contribution in [0, 0.1) is 0 Å². The molecule has 9 heteroatoms. The Morgan fingerprint density at radius 3 is 2.50 bits per heavy atom. The predicted octanol–water partition coefficient (Wildman–Crippen LogP) is 6.05. The van der Waals surface area contributed by atoms with E-state index in [-0.39, 0.29) is 5.57 Å². The highest BCUT2D eigenvalue weighted by atomic mass is 35.5. The monoisotopic (exact) mass is 525 g/mol. The van der Waals surface area contributed by atoms with E-state index in [0.29, 0.717) is 46.2 Å². The van der Waals surface area contributed by atoms with Crippen LogP contribution in [0.3, 0.4) is 0 Å². The van der Waals surface area contributed by atoms with Crippen LogP contribution in [0.4, 0.5) is 10.5 Å². The first kappa shape index (κ1) is 25.5. The van der Waals surface area contributed by atoms with Gasteiger partial charge < -0.3 is 9.30 Å². The van der Waals surface area contributed by atoms with Crippen molar-refractivity contribution in [1.29, 1.82) is 0 Å². The Morgan fingerprint density at radius 1 is 1.06 bits per heavy atom. The van der Waals surface area contributed by atoms with E-state index >= 15 is 0 Å². The van der Waals surface area contributed by atoms with E-state index in [9.17, 15) is 14.4 Å². The summed E-state index contributed by atoms with van der Waals surface area (Å²) in [6.45, 7) is 4.93. The smallest absolute Gasteiger partial charge is 0.335 e. The molecular formula is C27H25Cl2N3O4. The van der Waals surface area contributed by atoms with Crippen molar-refractivity contribution >= 4 is 52.8 Å². The standard InChI is InChI=1S/C27H25Cl2N3O4/c1-3-17(2)18-6-9-20(10-7-18)32-26(34)22(25(33)30-27(32)35)16-21-5-4-12-31(21)13-14-36-24-11-8-19(28)15-23(24)29/h4-12,15-17H,3,13-14H2,1-2H3,(H,30,33,35)/b22-16-. The Balaban J connectivity index is 1.52. The molecule has 0 saturated carbocycles. The number of amides is 4. The maximum Gasteiger partial charge on any atom is 0.335 e. The summed E-state index contributed by atoms with van der Waals surface area (Å²) in [6, 6.07) is 15.0. The number of ether oxygens (including phenoxy) is 1.